The van der Waals surface area contributed by atoms with E-state index in [0.717, 1.165) is 43.4 Å². The number of hydrogen-bond acceptors (Lipinski definition) is 3. The van der Waals surface area contributed by atoms with Crippen LogP contribution >= 0.6 is 15.9 Å². The smallest absolute Gasteiger partial charge is 0.129 e. The van der Waals surface area contributed by atoms with Gasteiger partial charge in [-0.1, -0.05) is 22.0 Å². The van der Waals surface area contributed by atoms with Crippen molar-refractivity contribution in [1.82, 2.24) is 0 Å². The Bertz CT molecular complexity index is 479. The van der Waals surface area contributed by atoms with Gasteiger partial charge in [-0.2, -0.15) is 0 Å². The Morgan fingerprint density at radius 3 is 2.76 bits per heavy atom. The molecule has 2 saturated heterocycles. The first-order valence-corrected chi connectivity index (χ1v) is 8.32. The summed E-state index contributed by atoms with van der Waals surface area (Å²) in [4.78, 5) is 0. The Morgan fingerprint density at radius 2 is 2.05 bits per heavy atom. The van der Waals surface area contributed by atoms with Crippen LogP contribution in [-0.4, -0.2) is 25.4 Å². The summed E-state index contributed by atoms with van der Waals surface area (Å²) in [7, 11) is 0. The Hall–Kier alpha value is -0.490. The lowest BCUT2D eigenvalue weighted by molar-refractivity contribution is -0.149. The first-order valence-electron chi connectivity index (χ1n) is 7.52. The van der Waals surface area contributed by atoms with Crippen molar-refractivity contribution in [3.05, 3.63) is 34.1 Å². The molecule has 3 nitrogen and oxygen atoms in total. The normalized spacial score (nSPS) is 26.7. The van der Waals surface area contributed by atoms with Crippen LogP contribution in [0.25, 0.3) is 0 Å². The highest BCUT2D eigenvalue weighted by molar-refractivity contribution is 9.10. The highest BCUT2D eigenvalue weighted by Crippen LogP contribution is 2.42. The Labute approximate surface area is 133 Å². The van der Waals surface area contributed by atoms with Gasteiger partial charge in [-0.3, -0.25) is 0 Å². The summed E-state index contributed by atoms with van der Waals surface area (Å²) >= 11 is 3.43. The molecule has 0 bridgehead atoms. The third-order valence-electron chi connectivity index (χ3n) is 4.78. The molecule has 2 N–H and O–H groups in total. The van der Waals surface area contributed by atoms with Crippen molar-refractivity contribution in [2.75, 3.05) is 19.8 Å². The number of hydrogen-bond donors (Lipinski definition) is 1. The van der Waals surface area contributed by atoms with Gasteiger partial charge in [-0.25, -0.2) is 4.39 Å². The van der Waals surface area contributed by atoms with Gasteiger partial charge >= 0.3 is 0 Å². The predicted octanol–water partition coefficient (Wildman–Crippen LogP) is 3.56. The third-order valence-corrected chi connectivity index (χ3v) is 5.47. The second-order valence-corrected chi connectivity index (χ2v) is 6.91. The summed E-state index contributed by atoms with van der Waals surface area (Å²) < 4.78 is 26.4. The van der Waals surface area contributed by atoms with Crippen molar-refractivity contribution >= 4 is 15.9 Å². The predicted molar refractivity (Wildman–Crippen MR) is 82.5 cm³/mol. The molecule has 0 aliphatic carbocycles. The number of ether oxygens (including phenoxy) is 2. The quantitative estimate of drug-likeness (QED) is 0.879. The molecule has 21 heavy (non-hydrogen) atoms. The molecule has 2 fully saturated rings. The lowest BCUT2D eigenvalue weighted by Crippen LogP contribution is -2.46. The number of rotatable bonds is 2. The lowest BCUT2D eigenvalue weighted by atomic mass is 9.76. The van der Waals surface area contributed by atoms with Crippen LogP contribution in [-0.2, 0) is 9.47 Å². The summed E-state index contributed by atoms with van der Waals surface area (Å²) in [6.07, 6.45) is 3.59. The van der Waals surface area contributed by atoms with E-state index in [0.29, 0.717) is 12.2 Å². The number of halogens is 2. The molecule has 1 aromatic rings. The molecule has 2 aliphatic rings. The van der Waals surface area contributed by atoms with Crippen LogP contribution < -0.4 is 5.73 Å². The molecule has 3 rings (SSSR count). The summed E-state index contributed by atoms with van der Waals surface area (Å²) in [5.41, 5.74) is 6.88. The summed E-state index contributed by atoms with van der Waals surface area (Å²) in [5.74, 6) is 0.00874. The molecule has 116 valence electrons. The van der Waals surface area contributed by atoms with Gasteiger partial charge in [0.25, 0.3) is 0 Å². The maximum absolute atomic E-state index is 14.1. The monoisotopic (exact) mass is 357 g/mol. The first-order chi connectivity index (χ1) is 10.1. The standard InChI is InChI=1S/C16H21BrFNO2/c17-12-2-1-3-13(18)14(12)15(19)11-4-7-21-16(10-11)5-8-20-9-6-16/h1-3,11,15H,4-10,19H2. The molecule has 0 aromatic heterocycles. The minimum Gasteiger partial charge on any atom is -0.381 e. The average molecular weight is 358 g/mol. The second kappa shape index (κ2) is 6.32. The zero-order valence-corrected chi connectivity index (χ0v) is 13.6. The molecular weight excluding hydrogens is 337 g/mol. The molecule has 2 aliphatic heterocycles. The van der Waals surface area contributed by atoms with E-state index in [1.165, 1.54) is 6.07 Å². The fourth-order valence-electron chi connectivity index (χ4n) is 3.53. The van der Waals surface area contributed by atoms with Crippen LogP contribution in [0.5, 0.6) is 0 Å². The topological polar surface area (TPSA) is 44.5 Å². The molecule has 2 unspecified atom stereocenters. The van der Waals surface area contributed by atoms with Crippen molar-refractivity contribution < 1.29 is 13.9 Å². The SMILES string of the molecule is NC(c1c(F)cccc1Br)C1CCOC2(CCOCC2)C1. The van der Waals surface area contributed by atoms with Gasteiger partial charge in [0.2, 0.25) is 0 Å². The van der Waals surface area contributed by atoms with Gasteiger partial charge < -0.3 is 15.2 Å². The Kier molecular flexibility index (Phi) is 4.64. The molecule has 1 aromatic carbocycles. The largest absolute Gasteiger partial charge is 0.381 e. The molecule has 5 heteroatoms. The summed E-state index contributed by atoms with van der Waals surface area (Å²) in [6, 6.07) is 4.72. The van der Waals surface area contributed by atoms with E-state index >= 15 is 0 Å². The van der Waals surface area contributed by atoms with Crippen molar-refractivity contribution in [1.29, 1.82) is 0 Å². The molecule has 0 radical (unpaired) electrons. The van der Waals surface area contributed by atoms with Crippen LogP contribution in [0.2, 0.25) is 0 Å². The fraction of sp³-hybridized carbons (Fsp3) is 0.625. The molecule has 2 atom stereocenters. The molecule has 2 heterocycles. The number of benzene rings is 1. The van der Waals surface area contributed by atoms with E-state index in [2.05, 4.69) is 15.9 Å². The van der Waals surface area contributed by atoms with Gasteiger partial charge in [-0.15, -0.1) is 0 Å². The minimum atomic E-state index is -0.302. The zero-order valence-electron chi connectivity index (χ0n) is 12.0. The summed E-state index contributed by atoms with van der Waals surface area (Å²) in [6.45, 7) is 2.18. The Morgan fingerprint density at radius 1 is 1.29 bits per heavy atom. The van der Waals surface area contributed by atoms with Crippen LogP contribution in [0, 0.1) is 11.7 Å². The maximum atomic E-state index is 14.1. The maximum Gasteiger partial charge on any atom is 0.129 e. The fourth-order valence-corrected chi connectivity index (χ4v) is 4.14. The Balaban J connectivity index is 1.79. The van der Waals surface area contributed by atoms with Crippen LogP contribution in [0.3, 0.4) is 0 Å². The molecular formula is C16H21BrFNO2. The van der Waals surface area contributed by atoms with E-state index in [-0.39, 0.29) is 23.4 Å². The summed E-state index contributed by atoms with van der Waals surface area (Å²) in [5, 5.41) is 0. The van der Waals surface area contributed by atoms with Crippen molar-refractivity contribution in [2.45, 2.75) is 37.3 Å². The van der Waals surface area contributed by atoms with E-state index in [1.54, 1.807) is 6.07 Å². The van der Waals surface area contributed by atoms with Crippen molar-refractivity contribution in [3.8, 4) is 0 Å². The van der Waals surface area contributed by atoms with E-state index in [1.807, 2.05) is 6.07 Å². The van der Waals surface area contributed by atoms with E-state index in [9.17, 15) is 4.39 Å². The highest BCUT2D eigenvalue weighted by Gasteiger charge is 2.41. The van der Waals surface area contributed by atoms with E-state index in [4.69, 9.17) is 15.2 Å². The van der Waals surface area contributed by atoms with Gasteiger partial charge in [0, 0.05) is 35.9 Å². The van der Waals surface area contributed by atoms with Crippen LogP contribution in [0.15, 0.2) is 22.7 Å². The molecule has 0 saturated carbocycles. The van der Waals surface area contributed by atoms with Gasteiger partial charge in [0.05, 0.1) is 5.60 Å². The number of nitrogens with two attached hydrogens (primary N) is 1. The third kappa shape index (κ3) is 3.16. The van der Waals surface area contributed by atoms with Gasteiger partial charge in [0.15, 0.2) is 0 Å². The highest BCUT2D eigenvalue weighted by atomic mass is 79.9. The average Bonchev–Trinajstić information content (AvgIpc) is 2.48. The molecule has 1 spiro atoms. The van der Waals surface area contributed by atoms with E-state index < -0.39 is 0 Å². The van der Waals surface area contributed by atoms with Crippen molar-refractivity contribution in [2.24, 2.45) is 11.7 Å². The first kappa shape index (κ1) is 15.4. The van der Waals surface area contributed by atoms with Crippen molar-refractivity contribution in [3.63, 3.8) is 0 Å². The van der Waals surface area contributed by atoms with Crippen LogP contribution in [0.4, 0.5) is 4.39 Å². The van der Waals surface area contributed by atoms with Gasteiger partial charge in [-0.05, 0) is 43.7 Å². The molecule has 0 amide bonds. The van der Waals surface area contributed by atoms with Crippen LogP contribution in [0.1, 0.15) is 37.3 Å². The van der Waals surface area contributed by atoms with Gasteiger partial charge in [0.1, 0.15) is 5.82 Å². The zero-order chi connectivity index (χ0) is 14.9. The minimum absolute atomic E-state index is 0.115. The second-order valence-electron chi connectivity index (χ2n) is 6.06. The lowest BCUT2D eigenvalue weighted by Gasteiger charge is -2.44.